The summed E-state index contributed by atoms with van der Waals surface area (Å²) < 4.78 is 90.8. The predicted molar refractivity (Wildman–Crippen MR) is 239 cm³/mol. The minimum absolute atomic E-state index is 0.00636. The maximum absolute atomic E-state index is 15.1. The zero-order valence-corrected chi connectivity index (χ0v) is 40.5. The van der Waals surface area contributed by atoms with Gasteiger partial charge in [-0.3, -0.25) is 33.6 Å². The molecule has 0 unspecified atom stereocenters. The SMILES string of the molecule is CC(C)C[C@@H]1NC(=O)[C@@H](N(C)C(=O)[C@@H](NC(=O)[C@@H]2C[C@@H](F)CN2C(=O)C2(C(F)(F)F)CC3(CCC3)C2)C2CC2)CCCCNC(=O)C(C)(C)NC(=O)[C@H](Cc2cc(Cl)ccc2OC(F)F)N(C)C1=O. The number of likely N-dealkylation sites (tertiary alicyclic amines) is 1. The van der Waals surface area contributed by atoms with Crippen LogP contribution in [0.25, 0.3) is 0 Å². The quantitative estimate of drug-likeness (QED) is 0.206. The van der Waals surface area contributed by atoms with Gasteiger partial charge in [0.15, 0.2) is 0 Å². The lowest BCUT2D eigenvalue weighted by atomic mass is 9.44. The van der Waals surface area contributed by atoms with E-state index in [0.29, 0.717) is 30.6 Å². The van der Waals surface area contributed by atoms with Crippen LogP contribution in [0, 0.1) is 22.7 Å². The standard InChI is InChI=1S/C47H64ClF6N7O8/c1-25(2)18-30-39(65)60(6)32(20-27-19-28(48)13-14-34(27)69-43(50)51)38(64)58-44(3,4)41(67)55-17-8-7-10-31(36(62)56-30)59(5)40(66)35(26-11-12-26)57-37(63)33-21-29(49)22-61(33)42(68)46(47(52,53)54)23-45(24-46)15-9-16-45/h13-14,19,25-26,29-33,35,43H,7-12,15-18,20-24H2,1-6H3,(H,55,67)(H,56,62)(H,57,63)(H,58,64)/t29-,30+,31+,32+,33+,35+/m1/s1. The van der Waals surface area contributed by atoms with Gasteiger partial charge >= 0.3 is 12.8 Å². The van der Waals surface area contributed by atoms with Gasteiger partial charge in [0.1, 0.15) is 53.1 Å². The lowest BCUT2D eigenvalue weighted by molar-refractivity contribution is -0.285. The molecule has 5 aliphatic rings. The van der Waals surface area contributed by atoms with Crippen LogP contribution in [0.4, 0.5) is 26.3 Å². The normalized spacial score (nSPS) is 26.9. The van der Waals surface area contributed by atoms with E-state index in [-0.39, 0.29) is 54.5 Å². The summed E-state index contributed by atoms with van der Waals surface area (Å²) in [5.74, 6) is -7.10. The molecule has 3 saturated carbocycles. The molecule has 0 aromatic heterocycles. The van der Waals surface area contributed by atoms with Crippen molar-refractivity contribution in [3.8, 4) is 5.75 Å². The number of alkyl halides is 6. The number of hydrogen-bond acceptors (Lipinski definition) is 8. The molecule has 22 heteroatoms. The molecular formula is C47H64ClF6N7O8. The van der Waals surface area contributed by atoms with E-state index in [4.69, 9.17) is 16.3 Å². The first-order chi connectivity index (χ1) is 32.2. The fourth-order valence-corrected chi connectivity index (χ4v) is 10.6. The largest absolute Gasteiger partial charge is 0.435 e. The van der Waals surface area contributed by atoms with Crippen molar-refractivity contribution in [2.24, 2.45) is 22.7 Å². The number of halogens is 7. The van der Waals surface area contributed by atoms with Crippen LogP contribution in [-0.2, 0) is 40.0 Å². The molecule has 6 rings (SSSR count). The Morgan fingerprint density at radius 2 is 1.67 bits per heavy atom. The fraction of sp³-hybridized carbons (Fsp3) is 0.723. The van der Waals surface area contributed by atoms with E-state index in [1.807, 2.05) is 0 Å². The number of nitrogens with zero attached hydrogens (tertiary/aromatic N) is 3. The average Bonchev–Trinajstić information content (AvgIpc) is 3.99. The molecule has 2 heterocycles. The van der Waals surface area contributed by atoms with Crippen molar-refractivity contribution in [1.29, 1.82) is 0 Å². The number of rotatable bonds is 12. The van der Waals surface area contributed by atoms with E-state index in [9.17, 15) is 55.5 Å². The highest BCUT2D eigenvalue weighted by atomic mass is 35.5. The van der Waals surface area contributed by atoms with Crippen LogP contribution in [0.2, 0.25) is 5.02 Å². The molecule has 15 nitrogen and oxygen atoms in total. The molecule has 384 valence electrons. The summed E-state index contributed by atoms with van der Waals surface area (Å²) in [5, 5.41) is 10.9. The number of benzene rings is 1. The van der Waals surface area contributed by atoms with Gasteiger partial charge in [0.2, 0.25) is 41.4 Å². The molecule has 1 spiro atoms. The molecule has 3 aliphatic carbocycles. The summed E-state index contributed by atoms with van der Waals surface area (Å²) in [5.41, 5.74) is -4.86. The minimum Gasteiger partial charge on any atom is -0.435 e. The number of nitrogens with one attached hydrogen (secondary N) is 4. The average molecular weight is 1000 g/mol. The summed E-state index contributed by atoms with van der Waals surface area (Å²) in [6.45, 7) is 2.55. The molecule has 5 fully saturated rings. The molecule has 69 heavy (non-hydrogen) atoms. The number of likely N-dealkylation sites (N-methyl/N-ethyl adjacent to an activating group) is 2. The Morgan fingerprint density at radius 3 is 2.25 bits per heavy atom. The van der Waals surface area contributed by atoms with E-state index in [1.54, 1.807) is 13.8 Å². The summed E-state index contributed by atoms with van der Waals surface area (Å²) in [6.07, 6.45) is -5.22. The molecule has 0 bridgehead atoms. The van der Waals surface area contributed by atoms with Gasteiger partial charge in [-0.1, -0.05) is 31.9 Å². The molecule has 4 N–H and O–H groups in total. The molecule has 1 aromatic rings. The Morgan fingerprint density at radius 1 is 1.00 bits per heavy atom. The van der Waals surface area contributed by atoms with Crippen molar-refractivity contribution in [1.82, 2.24) is 36.0 Å². The Balaban J connectivity index is 1.26. The second-order valence-electron chi connectivity index (χ2n) is 20.7. The van der Waals surface area contributed by atoms with Gasteiger partial charge < -0.3 is 40.7 Å². The summed E-state index contributed by atoms with van der Waals surface area (Å²) in [4.78, 5) is 102. The van der Waals surface area contributed by atoms with E-state index in [2.05, 4.69) is 21.3 Å². The number of ether oxygens (including phenoxy) is 1. The zero-order valence-electron chi connectivity index (χ0n) is 39.8. The van der Waals surface area contributed by atoms with Gasteiger partial charge in [0.25, 0.3) is 0 Å². The molecule has 2 aliphatic heterocycles. The van der Waals surface area contributed by atoms with Gasteiger partial charge in [0.05, 0.1) is 6.54 Å². The Labute approximate surface area is 402 Å². The first kappa shape index (κ1) is 53.5. The second-order valence-corrected chi connectivity index (χ2v) is 21.2. The van der Waals surface area contributed by atoms with Gasteiger partial charge in [-0.15, -0.1) is 0 Å². The third-order valence-electron chi connectivity index (χ3n) is 14.6. The van der Waals surface area contributed by atoms with Gasteiger partial charge in [-0.05, 0) is 119 Å². The molecule has 0 radical (unpaired) electrons. The number of amides is 7. The van der Waals surface area contributed by atoms with Crippen LogP contribution in [0.3, 0.4) is 0 Å². The minimum atomic E-state index is -4.93. The highest BCUT2D eigenvalue weighted by Crippen LogP contribution is 2.69. The topological polar surface area (TPSA) is 187 Å². The summed E-state index contributed by atoms with van der Waals surface area (Å²) in [7, 11) is 2.61. The van der Waals surface area contributed by atoms with Crippen LogP contribution >= 0.6 is 11.6 Å². The van der Waals surface area contributed by atoms with Crippen LogP contribution in [0.15, 0.2) is 18.2 Å². The zero-order chi connectivity index (χ0) is 51.0. The van der Waals surface area contributed by atoms with Gasteiger partial charge in [0, 0.05) is 38.5 Å². The van der Waals surface area contributed by atoms with Crippen molar-refractivity contribution >= 4 is 53.0 Å². The highest BCUT2D eigenvalue weighted by Gasteiger charge is 2.73. The number of carbonyl (C=O) groups is 7. The lowest BCUT2D eigenvalue weighted by Gasteiger charge is -2.60. The maximum atomic E-state index is 15.1. The second kappa shape index (κ2) is 20.9. The molecule has 1 aromatic carbocycles. The lowest BCUT2D eigenvalue weighted by Crippen LogP contribution is -2.66. The first-order valence-electron chi connectivity index (χ1n) is 23.7. The smallest absolute Gasteiger partial charge is 0.403 e. The number of hydrogen-bond donors (Lipinski definition) is 4. The van der Waals surface area contributed by atoms with E-state index in [0.717, 1.165) is 16.2 Å². The van der Waals surface area contributed by atoms with E-state index < -0.39 is 145 Å². The third kappa shape index (κ3) is 11.9. The summed E-state index contributed by atoms with van der Waals surface area (Å²) in [6, 6.07) is -3.25. The maximum Gasteiger partial charge on any atom is 0.403 e. The summed E-state index contributed by atoms with van der Waals surface area (Å²) >= 11 is 6.23. The van der Waals surface area contributed by atoms with Crippen LogP contribution < -0.4 is 26.0 Å². The van der Waals surface area contributed by atoms with E-state index in [1.165, 1.54) is 46.1 Å². The monoisotopic (exact) mass is 1000 g/mol. The van der Waals surface area contributed by atoms with Crippen molar-refractivity contribution in [3.63, 3.8) is 0 Å². The Kier molecular flexibility index (Phi) is 16.2. The van der Waals surface area contributed by atoms with Crippen molar-refractivity contribution < 1.29 is 64.6 Å². The van der Waals surface area contributed by atoms with Crippen molar-refractivity contribution in [2.75, 3.05) is 27.2 Å². The first-order valence-corrected chi connectivity index (χ1v) is 24.1. The third-order valence-corrected chi connectivity index (χ3v) is 14.8. The van der Waals surface area contributed by atoms with Crippen LogP contribution in [0.1, 0.15) is 110 Å². The predicted octanol–water partition coefficient (Wildman–Crippen LogP) is 5.21. The molecular weight excluding hydrogens is 940 g/mol. The highest BCUT2D eigenvalue weighted by molar-refractivity contribution is 6.30. The van der Waals surface area contributed by atoms with Crippen LogP contribution in [0.5, 0.6) is 5.75 Å². The molecule has 2 saturated heterocycles. The molecule has 7 amide bonds. The van der Waals surface area contributed by atoms with Crippen molar-refractivity contribution in [2.45, 2.75) is 166 Å². The van der Waals surface area contributed by atoms with Gasteiger partial charge in [-0.25, -0.2) is 4.39 Å². The molecule has 6 atom stereocenters. The van der Waals surface area contributed by atoms with E-state index >= 15 is 4.39 Å². The number of carbonyl (C=O) groups excluding carboxylic acids is 7. The van der Waals surface area contributed by atoms with Crippen molar-refractivity contribution in [3.05, 3.63) is 28.8 Å². The Hall–Kier alpha value is -4.82. The van der Waals surface area contributed by atoms with Gasteiger partial charge in [-0.2, -0.15) is 22.0 Å². The Bertz CT molecular complexity index is 2130. The fourth-order valence-electron chi connectivity index (χ4n) is 10.4. The van der Waals surface area contributed by atoms with Crippen LogP contribution in [-0.4, -0.2) is 138 Å².